The smallest absolute Gasteiger partial charge is 0.313 e. The highest BCUT2D eigenvalue weighted by molar-refractivity contribution is 6.34. The van der Waals surface area contributed by atoms with Crippen LogP contribution in [0.3, 0.4) is 0 Å². The average molecular weight is 232 g/mol. The summed E-state index contributed by atoms with van der Waals surface area (Å²) in [7, 11) is 3.04. The van der Waals surface area contributed by atoms with E-state index in [9.17, 15) is 9.59 Å². The van der Waals surface area contributed by atoms with Crippen molar-refractivity contribution in [2.75, 3.05) is 40.8 Å². The van der Waals surface area contributed by atoms with Gasteiger partial charge in [0.1, 0.15) is 13.5 Å². The Balaban J connectivity index is 4.10. The molecule has 0 unspecified atom stereocenters. The minimum atomic E-state index is -0.601. The second-order valence-electron chi connectivity index (χ2n) is 3.25. The van der Waals surface area contributed by atoms with Crippen LogP contribution in [0.25, 0.3) is 0 Å². The molecule has 0 bridgehead atoms. The molecule has 0 saturated heterocycles. The van der Waals surface area contributed by atoms with Crippen LogP contribution in [0.4, 0.5) is 0 Å². The van der Waals surface area contributed by atoms with Crippen LogP contribution in [-0.2, 0) is 19.1 Å². The van der Waals surface area contributed by atoms with Crippen molar-refractivity contribution in [2.45, 2.75) is 13.8 Å². The number of ether oxygens (including phenoxy) is 2. The maximum atomic E-state index is 11.6. The fourth-order valence-electron chi connectivity index (χ4n) is 0.900. The highest BCUT2D eigenvalue weighted by atomic mass is 16.5. The predicted octanol–water partition coefficient (Wildman–Crippen LogP) is -0.109. The van der Waals surface area contributed by atoms with E-state index >= 15 is 0 Å². The lowest BCUT2D eigenvalue weighted by atomic mass is 10.5. The van der Waals surface area contributed by atoms with Crippen LogP contribution in [0, 0.1) is 0 Å². The van der Waals surface area contributed by atoms with Gasteiger partial charge in [-0.15, -0.1) is 0 Å². The van der Waals surface area contributed by atoms with Crippen molar-refractivity contribution >= 4 is 11.8 Å². The maximum absolute atomic E-state index is 11.6. The van der Waals surface area contributed by atoms with Gasteiger partial charge in [-0.2, -0.15) is 0 Å². The summed E-state index contributed by atoms with van der Waals surface area (Å²) in [4.78, 5) is 25.6. The van der Waals surface area contributed by atoms with Crippen molar-refractivity contribution in [1.82, 2.24) is 9.80 Å². The molecular weight excluding hydrogens is 212 g/mol. The lowest BCUT2D eigenvalue weighted by molar-refractivity contribution is -0.155. The Kier molecular flexibility index (Phi) is 7.49. The predicted molar refractivity (Wildman–Crippen MR) is 58.5 cm³/mol. The van der Waals surface area contributed by atoms with Crippen LogP contribution >= 0.6 is 0 Å². The molecule has 0 aliphatic rings. The van der Waals surface area contributed by atoms with Gasteiger partial charge >= 0.3 is 11.8 Å². The summed E-state index contributed by atoms with van der Waals surface area (Å²) in [6, 6.07) is 0. The van der Waals surface area contributed by atoms with Gasteiger partial charge in [-0.25, -0.2) is 0 Å². The Hall–Kier alpha value is -1.14. The molecule has 0 radical (unpaired) electrons. The lowest BCUT2D eigenvalue weighted by Crippen LogP contribution is -2.43. The Morgan fingerprint density at radius 2 is 1.19 bits per heavy atom. The van der Waals surface area contributed by atoms with Crippen molar-refractivity contribution in [3.63, 3.8) is 0 Å². The summed E-state index contributed by atoms with van der Waals surface area (Å²) < 4.78 is 10.1. The van der Waals surface area contributed by atoms with Crippen LogP contribution in [0.5, 0.6) is 0 Å². The molecule has 0 aromatic rings. The third kappa shape index (κ3) is 5.09. The monoisotopic (exact) mass is 232 g/mol. The molecule has 0 aliphatic carbocycles. The van der Waals surface area contributed by atoms with Gasteiger partial charge in [-0.3, -0.25) is 9.59 Å². The van der Waals surface area contributed by atoms with E-state index in [-0.39, 0.29) is 13.5 Å². The van der Waals surface area contributed by atoms with E-state index in [0.717, 1.165) is 0 Å². The van der Waals surface area contributed by atoms with Crippen LogP contribution < -0.4 is 0 Å². The number of carbonyl (C=O) groups is 2. The van der Waals surface area contributed by atoms with Crippen molar-refractivity contribution in [3.8, 4) is 0 Å². The fourth-order valence-corrected chi connectivity index (χ4v) is 0.900. The Bertz CT molecular complexity index is 209. The number of rotatable bonds is 6. The summed E-state index contributed by atoms with van der Waals surface area (Å²) in [6.45, 7) is 4.87. The normalized spacial score (nSPS) is 10.0. The van der Waals surface area contributed by atoms with Crippen LogP contribution in [0.1, 0.15) is 13.8 Å². The minimum Gasteiger partial charge on any atom is -0.361 e. The molecule has 0 spiro atoms. The number of nitrogens with zero attached hydrogens (tertiary/aromatic N) is 2. The standard InChI is InChI=1S/C10H20N2O4/c1-5-15-7-11(3)9(13)10(14)12(4)8-16-6-2/h5-8H2,1-4H3. The average Bonchev–Trinajstić information content (AvgIpc) is 2.30. The van der Waals surface area contributed by atoms with Gasteiger partial charge in [0.15, 0.2) is 0 Å². The van der Waals surface area contributed by atoms with Crippen LogP contribution in [0.2, 0.25) is 0 Å². The van der Waals surface area contributed by atoms with Gasteiger partial charge < -0.3 is 19.3 Å². The summed E-state index contributed by atoms with van der Waals surface area (Å²) in [5, 5.41) is 0. The number of likely N-dealkylation sites (N-methyl/N-ethyl adjacent to an activating group) is 2. The molecule has 16 heavy (non-hydrogen) atoms. The largest absolute Gasteiger partial charge is 0.361 e. The Morgan fingerprint density at radius 1 is 0.875 bits per heavy atom. The third-order valence-electron chi connectivity index (χ3n) is 1.85. The molecule has 0 fully saturated rings. The summed E-state index contributed by atoms with van der Waals surface area (Å²) in [6.07, 6.45) is 0. The molecular formula is C10H20N2O4. The SMILES string of the molecule is CCOCN(C)C(=O)C(=O)N(C)COCC. The summed E-state index contributed by atoms with van der Waals surface area (Å²) in [5.41, 5.74) is 0. The number of hydrogen-bond acceptors (Lipinski definition) is 4. The minimum absolute atomic E-state index is 0.115. The molecule has 6 nitrogen and oxygen atoms in total. The van der Waals surface area contributed by atoms with Gasteiger partial charge in [0.05, 0.1) is 0 Å². The first-order valence-electron chi connectivity index (χ1n) is 5.20. The second kappa shape index (κ2) is 8.06. The Labute approximate surface area is 96.1 Å². The Morgan fingerprint density at radius 3 is 1.44 bits per heavy atom. The maximum Gasteiger partial charge on any atom is 0.313 e. The van der Waals surface area contributed by atoms with Crippen LogP contribution in [-0.4, -0.2) is 62.4 Å². The van der Waals surface area contributed by atoms with E-state index in [0.29, 0.717) is 13.2 Å². The van der Waals surface area contributed by atoms with Gasteiger partial charge in [0.25, 0.3) is 0 Å². The zero-order chi connectivity index (χ0) is 12.6. The first-order chi connectivity index (χ1) is 7.54. The molecule has 94 valence electrons. The molecule has 2 amide bonds. The third-order valence-corrected chi connectivity index (χ3v) is 1.85. The van der Waals surface area contributed by atoms with E-state index in [4.69, 9.17) is 9.47 Å². The van der Waals surface area contributed by atoms with Crippen molar-refractivity contribution in [2.24, 2.45) is 0 Å². The highest BCUT2D eigenvalue weighted by Gasteiger charge is 2.22. The van der Waals surface area contributed by atoms with Gasteiger partial charge in [0, 0.05) is 27.3 Å². The molecule has 0 aromatic heterocycles. The molecule has 0 saturated carbocycles. The second-order valence-corrected chi connectivity index (χ2v) is 3.25. The topological polar surface area (TPSA) is 59.1 Å². The summed E-state index contributed by atoms with van der Waals surface area (Å²) >= 11 is 0. The first kappa shape index (κ1) is 14.9. The van der Waals surface area contributed by atoms with E-state index in [1.54, 1.807) is 0 Å². The number of hydrogen-bond donors (Lipinski definition) is 0. The zero-order valence-corrected chi connectivity index (χ0v) is 10.4. The molecule has 0 N–H and O–H groups in total. The van der Waals surface area contributed by atoms with Gasteiger partial charge in [0.2, 0.25) is 0 Å². The van der Waals surface area contributed by atoms with E-state index < -0.39 is 11.8 Å². The van der Waals surface area contributed by atoms with E-state index in [1.165, 1.54) is 23.9 Å². The van der Waals surface area contributed by atoms with Gasteiger partial charge in [-0.1, -0.05) is 0 Å². The van der Waals surface area contributed by atoms with Crippen LogP contribution in [0.15, 0.2) is 0 Å². The molecule has 0 heterocycles. The number of amides is 2. The highest BCUT2D eigenvalue weighted by Crippen LogP contribution is 1.93. The zero-order valence-electron chi connectivity index (χ0n) is 10.4. The van der Waals surface area contributed by atoms with Crippen molar-refractivity contribution < 1.29 is 19.1 Å². The van der Waals surface area contributed by atoms with Gasteiger partial charge in [-0.05, 0) is 13.8 Å². The molecule has 0 rings (SSSR count). The molecule has 0 aliphatic heterocycles. The quantitative estimate of drug-likeness (QED) is 0.473. The van der Waals surface area contributed by atoms with Crippen molar-refractivity contribution in [1.29, 1.82) is 0 Å². The number of carbonyl (C=O) groups excluding carboxylic acids is 2. The lowest BCUT2D eigenvalue weighted by Gasteiger charge is -2.20. The van der Waals surface area contributed by atoms with E-state index in [1.807, 2.05) is 13.8 Å². The molecule has 0 atom stereocenters. The fraction of sp³-hybridized carbons (Fsp3) is 0.800. The first-order valence-corrected chi connectivity index (χ1v) is 5.20. The molecule has 0 aromatic carbocycles. The van der Waals surface area contributed by atoms with Crippen molar-refractivity contribution in [3.05, 3.63) is 0 Å². The summed E-state index contributed by atoms with van der Waals surface area (Å²) in [5.74, 6) is -1.20. The molecule has 6 heteroatoms. The van der Waals surface area contributed by atoms with E-state index in [2.05, 4.69) is 0 Å².